The van der Waals surface area contributed by atoms with Gasteiger partial charge in [0.2, 0.25) is 0 Å². The molecular weight excluding hydrogens is 414 g/mol. The van der Waals surface area contributed by atoms with E-state index >= 15 is 0 Å². The summed E-state index contributed by atoms with van der Waals surface area (Å²) in [5, 5.41) is 6.07. The van der Waals surface area contributed by atoms with Crippen LogP contribution in [0.5, 0.6) is 17.2 Å². The van der Waals surface area contributed by atoms with E-state index in [0.29, 0.717) is 39.3 Å². The molecule has 2 aromatic heterocycles. The molecule has 1 N–H and O–H groups in total. The number of hydrogen-bond donors (Lipinski definition) is 1. The third kappa shape index (κ3) is 4.15. The van der Waals surface area contributed by atoms with Gasteiger partial charge in [-0.15, -0.1) is 11.3 Å². The highest BCUT2D eigenvalue weighted by molar-refractivity contribution is 7.14. The number of pyridine rings is 1. The summed E-state index contributed by atoms with van der Waals surface area (Å²) in [5.41, 5.74) is 3.45. The number of thiazole rings is 1. The van der Waals surface area contributed by atoms with Crippen LogP contribution >= 0.6 is 11.3 Å². The van der Waals surface area contributed by atoms with Crippen LogP contribution in [0.3, 0.4) is 0 Å². The van der Waals surface area contributed by atoms with Crippen molar-refractivity contribution in [3.8, 4) is 28.5 Å². The Morgan fingerprint density at radius 3 is 2.42 bits per heavy atom. The van der Waals surface area contributed by atoms with E-state index in [9.17, 15) is 4.79 Å². The number of nitrogens with zero attached hydrogens (tertiary/aromatic N) is 2. The minimum absolute atomic E-state index is 0.266. The molecule has 0 aliphatic heterocycles. The van der Waals surface area contributed by atoms with Crippen LogP contribution in [0, 0.1) is 6.92 Å². The third-order valence-corrected chi connectivity index (χ3v) is 5.62. The second kappa shape index (κ2) is 8.61. The number of aromatic nitrogens is 2. The van der Waals surface area contributed by atoms with E-state index in [1.165, 1.54) is 11.3 Å². The fraction of sp³-hybridized carbons (Fsp3) is 0.174. The van der Waals surface area contributed by atoms with Gasteiger partial charge in [0, 0.05) is 22.4 Å². The van der Waals surface area contributed by atoms with E-state index in [-0.39, 0.29) is 5.91 Å². The number of carbonyl (C=O) groups is 1. The van der Waals surface area contributed by atoms with Gasteiger partial charge in [-0.3, -0.25) is 15.1 Å². The Morgan fingerprint density at radius 1 is 0.935 bits per heavy atom. The number of ether oxygens (including phenoxy) is 3. The van der Waals surface area contributed by atoms with Crippen molar-refractivity contribution < 1.29 is 19.0 Å². The smallest absolute Gasteiger partial charge is 0.259 e. The molecule has 4 rings (SSSR count). The summed E-state index contributed by atoms with van der Waals surface area (Å²) in [4.78, 5) is 22.0. The lowest BCUT2D eigenvalue weighted by Crippen LogP contribution is -2.14. The molecule has 2 heterocycles. The van der Waals surface area contributed by atoms with Crippen LogP contribution in [0.1, 0.15) is 16.1 Å². The van der Waals surface area contributed by atoms with Crippen LogP contribution in [0.4, 0.5) is 5.13 Å². The number of nitrogens with one attached hydrogen (secondary N) is 1. The molecule has 0 fully saturated rings. The second-order valence-electron chi connectivity index (χ2n) is 6.74. The Labute approximate surface area is 183 Å². The number of anilines is 1. The fourth-order valence-electron chi connectivity index (χ4n) is 3.24. The first-order valence-corrected chi connectivity index (χ1v) is 10.3. The molecule has 0 saturated carbocycles. The molecule has 2 aromatic carbocycles. The van der Waals surface area contributed by atoms with Crippen LogP contribution in [0.2, 0.25) is 0 Å². The molecule has 8 heteroatoms. The Bertz CT molecular complexity index is 1270. The van der Waals surface area contributed by atoms with Gasteiger partial charge in [-0.25, -0.2) is 4.98 Å². The molecule has 4 aromatic rings. The Morgan fingerprint density at radius 2 is 1.68 bits per heavy atom. The highest BCUT2D eigenvalue weighted by atomic mass is 32.1. The lowest BCUT2D eigenvalue weighted by Gasteiger charge is -2.09. The summed E-state index contributed by atoms with van der Waals surface area (Å²) in [6, 6.07) is 12.9. The van der Waals surface area contributed by atoms with E-state index in [4.69, 9.17) is 14.2 Å². The molecule has 0 bridgehead atoms. The minimum atomic E-state index is -0.266. The minimum Gasteiger partial charge on any atom is -0.497 e. The van der Waals surface area contributed by atoms with Gasteiger partial charge in [0.15, 0.2) is 5.13 Å². The highest BCUT2D eigenvalue weighted by Gasteiger charge is 2.16. The molecule has 0 spiro atoms. The van der Waals surface area contributed by atoms with Crippen LogP contribution in [0.15, 0.2) is 47.8 Å². The highest BCUT2D eigenvalue weighted by Crippen LogP contribution is 2.35. The first kappa shape index (κ1) is 20.6. The molecule has 0 aliphatic carbocycles. The third-order valence-electron chi connectivity index (χ3n) is 4.87. The summed E-state index contributed by atoms with van der Waals surface area (Å²) in [7, 11) is 4.80. The van der Waals surface area contributed by atoms with Crippen molar-refractivity contribution in [2.24, 2.45) is 0 Å². The molecule has 31 heavy (non-hydrogen) atoms. The van der Waals surface area contributed by atoms with Crippen molar-refractivity contribution in [3.05, 3.63) is 59.1 Å². The molecule has 0 aliphatic rings. The first-order chi connectivity index (χ1) is 15.0. The van der Waals surface area contributed by atoms with Crippen molar-refractivity contribution in [2.75, 3.05) is 26.6 Å². The zero-order valence-corrected chi connectivity index (χ0v) is 18.4. The maximum atomic E-state index is 12.9. The van der Waals surface area contributed by atoms with Crippen LogP contribution in [-0.2, 0) is 0 Å². The average Bonchev–Trinajstić information content (AvgIpc) is 3.25. The monoisotopic (exact) mass is 435 g/mol. The Hall–Kier alpha value is -3.65. The van der Waals surface area contributed by atoms with Gasteiger partial charge in [-0.05, 0) is 43.3 Å². The van der Waals surface area contributed by atoms with Gasteiger partial charge in [0.1, 0.15) is 17.2 Å². The maximum Gasteiger partial charge on any atom is 0.259 e. The Kier molecular flexibility index (Phi) is 5.73. The van der Waals surface area contributed by atoms with Crippen LogP contribution in [0.25, 0.3) is 22.2 Å². The van der Waals surface area contributed by atoms with Gasteiger partial charge in [0.05, 0.1) is 43.8 Å². The van der Waals surface area contributed by atoms with Gasteiger partial charge < -0.3 is 14.2 Å². The van der Waals surface area contributed by atoms with Crippen LogP contribution < -0.4 is 19.5 Å². The number of fused-ring (bicyclic) bond motifs is 1. The second-order valence-corrected chi connectivity index (χ2v) is 7.60. The number of hydrogen-bond acceptors (Lipinski definition) is 7. The molecule has 0 unspecified atom stereocenters. The van der Waals surface area contributed by atoms with Gasteiger partial charge >= 0.3 is 0 Å². The van der Waals surface area contributed by atoms with Crippen molar-refractivity contribution in [1.82, 2.24) is 9.97 Å². The van der Waals surface area contributed by atoms with Crippen molar-refractivity contribution in [3.63, 3.8) is 0 Å². The van der Waals surface area contributed by atoms with E-state index in [1.54, 1.807) is 27.4 Å². The SMILES string of the molecule is COc1ccc(-c2csc(NC(=O)c3cc4cc(OC)ccc4nc3C)n2)c(OC)c1. The van der Waals surface area contributed by atoms with Crippen LogP contribution in [-0.4, -0.2) is 37.2 Å². The molecule has 158 valence electrons. The fourth-order valence-corrected chi connectivity index (χ4v) is 3.94. The number of amides is 1. The predicted octanol–water partition coefficient (Wildman–Crippen LogP) is 4.94. The van der Waals surface area contributed by atoms with Gasteiger partial charge in [-0.2, -0.15) is 0 Å². The summed E-state index contributed by atoms with van der Waals surface area (Å²) in [6.45, 7) is 1.81. The number of rotatable bonds is 6. The zero-order valence-electron chi connectivity index (χ0n) is 17.6. The molecule has 0 radical (unpaired) electrons. The zero-order chi connectivity index (χ0) is 22.0. The van der Waals surface area contributed by atoms with Gasteiger partial charge in [-0.1, -0.05) is 0 Å². The molecule has 0 atom stereocenters. The van der Waals surface area contributed by atoms with Gasteiger partial charge in [0.25, 0.3) is 5.91 Å². The van der Waals surface area contributed by atoms with E-state index in [2.05, 4.69) is 15.3 Å². The summed E-state index contributed by atoms with van der Waals surface area (Å²) in [6.07, 6.45) is 0. The van der Waals surface area contributed by atoms with Crippen molar-refractivity contribution >= 4 is 33.3 Å². The standard InChI is InChI=1S/C23H21N3O4S/c1-13-18(10-14-9-15(28-2)6-8-19(14)24-13)22(27)26-23-25-20(12-31-23)17-7-5-16(29-3)11-21(17)30-4/h5-12H,1-4H3,(H,25,26,27). The summed E-state index contributed by atoms with van der Waals surface area (Å²) >= 11 is 1.34. The summed E-state index contributed by atoms with van der Waals surface area (Å²) in [5.74, 6) is 1.78. The topological polar surface area (TPSA) is 82.6 Å². The number of benzene rings is 2. The number of aryl methyl sites for hydroxylation is 1. The molecule has 7 nitrogen and oxygen atoms in total. The number of methoxy groups -OCH3 is 3. The largest absolute Gasteiger partial charge is 0.497 e. The Balaban J connectivity index is 1.60. The number of carbonyl (C=O) groups excluding carboxylic acids is 1. The molecule has 0 saturated heterocycles. The van der Waals surface area contributed by atoms with E-state index < -0.39 is 0 Å². The average molecular weight is 436 g/mol. The first-order valence-electron chi connectivity index (χ1n) is 9.47. The van der Waals surface area contributed by atoms with E-state index in [1.807, 2.05) is 48.7 Å². The van der Waals surface area contributed by atoms with Crippen molar-refractivity contribution in [1.29, 1.82) is 0 Å². The molecule has 1 amide bonds. The lowest BCUT2D eigenvalue weighted by atomic mass is 10.1. The predicted molar refractivity (Wildman–Crippen MR) is 122 cm³/mol. The van der Waals surface area contributed by atoms with E-state index in [0.717, 1.165) is 16.5 Å². The quantitative estimate of drug-likeness (QED) is 0.462. The maximum absolute atomic E-state index is 12.9. The molecular formula is C23H21N3O4S. The summed E-state index contributed by atoms with van der Waals surface area (Å²) < 4.78 is 16.0. The van der Waals surface area contributed by atoms with Crippen molar-refractivity contribution in [2.45, 2.75) is 6.92 Å². The normalized spacial score (nSPS) is 10.7. The lowest BCUT2D eigenvalue weighted by molar-refractivity contribution is 0.102.